The van der Waals surface area contributed by atoms with Crippen LogP contribution in [-0.4, -0.2) is 29.4 Å². The zero-order valence-electron chi connectivity index (χ0n) is 12.4. The zero-order chi connectivity index (χ0) is 15.2. The average Bonchev–Trinajstić information content (AvgIpc) is 2.86. The Morgan fingerprint density at radius 1 is 1.57 bits per heavy atom. The van der Waals surface area contributed by atoms with Gasteiger partial charge in [0.15, 0.2) is 5.13 Å². The van der Waals surface area contributed by atoms with Crippen molar-refractivity contribution >= 4 is 28.1 Å². The van der Waals surface area contributed by atoms with Crippen LogP contribution in [0.3, 0.4) is 0 Å². The van der Waals surface area contributed by atoms with E-state index in [1.165, 1.54) is 17.8 Å². The van der Waals surface area contributed by atoms with Crippen molar-refractivity contribution in [1.82, 2.24) is 4.98 Å². The Hall–Kier alpha value is -1.63. The van der Waals surface area contributed by atoms with Gasteiger partial charge in [0.2, 0.25) is 5.71 Å². The summed E-state index contributed by atoms with van der Waals surface area (Å²) in [5.74, 6) is 0.0894. The molecule has 1 aromatic heterocycles. The van der Waals surface area contributed by atoms with Crippen molar-refractivity contribution in [3.8, 4) is 0 Å². The highest BCUT2D eigenvalue weighted by molar-refractivity contribution is 7.13. The maximum atomic E-state index is 12.0. The van der Waals surface area contributed by atoms with Crippen LogP contribution in [0.4, 0.5) is 5.13 Å². The Bertz CT molecular complexity index is 515. The van der Waals surface area contributed by atoms with Crippen LogP contribution in [0.5, 0.6) is 0 Å². The first-order valence-corrected chi connectivity index (χ1v) is 8.10. The van der Waals surface area contributed by atoms with Crippen molar-refractivity contribution in [2.45, 2.75) is 45.6 Å². The number of oxime groups is 1. The van der Waals surface area contributed by atoms with Gasteiger partial charge in [-0.25, -0.2) is 9.78 Å². The lowest BCUT2D eigenvalue weighted by Gasteiger charge is -2.24. The number of carbonyl (C=O) groups excluding carboxylic acids is 1. The molecule has 0 bridgehead atoms. The van der Waals surface area contributed by atoms with Crippen molar-refractivity contribution in [2.24, 2.45) is 11.1 Å². The van der Waals surface area contributed by atoms with Gasteiger partial charge in [-0.2, -0.15) is 0 Å². The predicted octanol–water partition coefficient (Wildman–Crippen LogP) is 2.59. The third-order valence-corrected chi connectivity index (χ3v) is 4.09. The molecule has 0 radical (unpaired) electrons. The van der Waals surface area contributed by atoms with E-state index in [-0.39, 0.29) is 18.4 Å². The highest BCUT2D eigenvalue weighted by Crippen LogP contribution is 2.26. The van der Waals surface area contributed by atoms with Gasteiger partial charge in [-0.1, -0.05) is 18.5 Å². The van der Waals surface area contributed by atoms with Gasteiger partial charge in [-0.05, 0) is 32.1 Å². The quantitative estimate of drug-likeness (QED) is 0.513. The van der Waals surface area contributed by atoms with Crippen molar-refractivity contribution in [3.05, 3.63) is 11.1 Å². The molecule has 2 rings (SSSR count). The Kier molecular flexibility index (Phi) is 5.55. The SMILES string of the molecule is CCOC(=O)/C(=N\O[C@H]1CCC[C@@H](C)C1)c1csc(N)n1. The minimum Gasteiger partial charge on any atom is -0.461 e. The molecule has 21 heavy (non-hydrogen) atoms. The van der Waals surface area contributed by atoms with Crippen molar-refractivity contribution in [1.29, 1.82) is 0 Å². The number of hydrogen-bond acceptors (Lipinski definition) is 7. The van der Waals surface area contributed by atoms with Gasteiger partial charge in [-0.3, -0.25) is 0 Å². The molecule has 6 nitrogen and oxygen atoms in total. The predicted molar refractivity (Wildman–Crippen MR) is 82.2 cm³/mol. The first-order valence-electron chi connectivity index (χ1n) is 7.22. The molecule has 1 aliphatic rings. The molecule has 7 heteroatoms. The molecule has 116 valence electrons. The summed E-state index contributed by atoms with van der Waals surface area (Å²) in [6, 6.07) is 0. The van der Waals surface area contributed by atoms with Gasteiger partial charge < -0.3 is 15.3 Å². The zero-order valence-corrected chi connectivity index (χ0v) is 13.2. The molecule has 2 atom stereocenters. The molecule has 1 aliphatic carbocycles. The van der Waals surface area contributed by atoms with Crippen molar-refractivity contribution in [2.75, 3.05) is 12.3 Å². The van der Waals surface area contributed by atoms with Gasteiger partial charge in [-0.15, -0.1) is 11.3 Å². The van der Waals surface area contributed by atoms with Gasteiger partial charge >= 0.3 is 5.97 Å². The first kappa shape index (κ1) is 15.8. The molecule has 1 aromatic rings. The Labute approximate surface area is 128 Å². The van der Waals surface area contributed by atoms with Crippen LogP contribution in [-0.2, 0) is 14.4 Å². The summed E-state index contributed by atoms with van der Waals surface area (Å²) in [6.07, 6.45) is 4.31. The second-order valence-corrected chi connectivity index (χ2v) is 6.12. The first-order chi connectivity index (χ1) is 10.1. The van der Waals surface area contributed by atoms with Crippen molar-refractivity contribution < 1.29 is 14.4 Å². The highest BCUT2D eigenvalue weighted by atomic mass is 32.1. The second-order valence-electron chi connectivity index (χ2n) is 5.23. The molecule has 0 unspecified atom stereocenters. The minimum atomic E-state index is -0.536. The third-order valence-electron chi connectivity index (χ3n) is 3.41. The van der Waals surface area contributed by atoms with E-state index in [1.807, 2.05) is 0 Å². The van der Waals surface area contributed by atoms with Crippen LogP contribution in [0.1, 0.15) is 45.2 Å². The summed E-state index contributed by atoms with van der Waals surface area (Å²) in [4.78, 5) is 21.6. The summed E-state index contributed by atoms with van der Waals surface area (Å²) in [7, 11) is 0. The van der Waals surface area contributed by atoms with Crippen LogP contribution in [0, 0.1) is 5.92 Å². The lowest BCUT2D eigenvalue weighted by atomic mass is 9.89. The Morgan fingerprint density at radius 3 is 3.00 bits per heavy atom. The Morgan fingerprint density at radius 2 is 2.38 bits per heavy atom. The maximum Gasteiger partial charge on any atom is 0.362 e. The third kappa shape index (κ3) is 4.42. The van der Waals surface area contributed by atoms with E-state index in [4.69, 9.17) is 15.3 Å². The topological polar surface area (TPSA) is 86.8 Å². The van der Waals surface area contributed by atoms with E-state index >= 15 is 0 Å². The number of nitrogen functional groups attached to an aromatic ring is 1. The summed E-state index contributed by atoms with van der Waals surface area (Å²) in [5, 5.41) is 6.08. The van der Waals surface area contributed by atoms with Crippen LogP contribution >= 0.6 is 11.3 Å². The molecule has 0 aromatic carbocycles. The Balaban J connectivity index is 2.10. The summed E-state index contributed by atoms with van der Waals surface area (Å²) in [6.45, 7) is 4.22. The minimum absolute atomic E-state index is 0.0501. The largest absolute Gasteiger partial charge is 0.461 e. The lowest BCUT2D eigenvalue weighted by molar-refractivity contribution is -0.135. The molecule has 0 aliphatic heterocycles. The second kappa shape index (κ2) is 7.40. The number of aromatic nitrogens is 1. The van der Waals surface area contributed by atoms with Gasteiger partial charge in [0, 0.05) is 5.38 Å². The van der Waals surface area contributed by atoms with Crippen LogP contribution in [0.2, 0.25) is 0 Å². The fourth-order valence-corrected chi connectivity index (χ4v) is 2.93. The number of nitrogens with zero attached hydrogens (tertiary/aromatic N) is 2. The fraction of sp³-hybridized carbons (Fsp3) is 0.643. The molecule has 0 saturated heterocycles. The van der Waals surface area contributed by atoms with Gasteiger partial charge in [0.05, 0.1) is 6.61 Å². The number of anilines is 1. The number of carbonyl (C=O) groups is 1. The van der Waals surface area contributed by atoms with E-state index in [2.05, 4.69) is 17.1 Å². The van der Waals surface area contributed by atoms with Gasteiger partial charge in [0.1, 0.15) is 11.8 Å². The average molecular weight is 311 g/mol. The summed E-state index contributed by atoms with van der Waals surface area (Å²) >= 11 is 1.25. The number of nitrogens with two attached hydrogens (primary N) is 1. The molecule has 1 fully saturated rings. The smallest absolute Gasteiger partial charge is 0.362 e. The summed E-state index contributed by atoms with van der Waals surface area (Å²) in [5.41, 5.74) is 6.10. The number of hydrogen-bond donors (Lipinski definition) is 1. The van der Waals surface area contributed by atoms with E-state index in [0.29, 0.717) is 16.7 Å². The van der Waals surface area contributed by atoms with E-state index < -0.39 is 5.97 Å². The van der Waals surface area contributed by atoms with Crippen LogP contribution in [0.15, 0.2) is 10.5 Å². The fourth-order valence-electron chi connectivity index (χ4n) is 2.39. The van der Waals surface area contributed by atoms with Crippen molar-refractivity contribution in [3.63, 3.8) is 0 Å². The molecule has 0 spiro atoms. The normalized spacial score (nSPS) is 22.9. The molecular weight excluding hydrogens is 290 g/mol. The number of rotatable bonds is 5. The lowest BCUT2D eigenvalue weighted by Crippen LogP contribution is -2.23. The monoisotopic (exact) mass is 311 g/mol. The maximum absolute atomic E-state index is 12.0. The van der Waals surface area contributed by atoms with Crippen LogP contribution < -0.4 is 5.73 Å². The number of esters is 1. The molecule has 0 amide bonds. The standard InChI is InChI=1S/C14H21N3O3S/c1-3-19-13(18)12(11-8-21-14(15)16-11)17-20-10-6-4-5-9(2)7-10/h8-10H,3-7H2,1-2H3,(H2,15,16)/b17-12-/t9-,10+/m1/s1. The molecule has 1 saturated carbocycles. The number of thiazole rings is 1. The molecule has 2 N–H and O–H groups in total. The van der Waals surface area contributed by atoms with E-state index in [1.54, 1.807) is 12.3 Å². The van der Waals surface area contributed by atoms with Gasteiger partial charge in [0.25, 0.3) is 0 Å². The summed E-state index contributed by atoms with van der Waals surface area (Å²) < 4.78 is 5.00. The highest BCUT2D eigenvalue weighted by Gasteiger charge is 2.23. The van der Waals surface area contributed by atoms with E-state index in [9.17, 15) is 4.79 Å². The van der Waals surface area contributed by atoms with Crippen LogP contribution in [0.25, 0.3) is 0 Å². The molecular formula is C14H21N3O3S. The van der Waals surface area contributed by atoms with E-state index in [0.717, 1.165) is 19.3 Å². The number of ether oxygens (including phenoxy) is 1. The molecule has 1 heterocycles.